The zero-order valence-corrected chi connectivity index (χ0v) is 13.2. The van der Waals surface area contributed by atoms with Gasteiger partial charge in [-0.2, -0.15) is 0 Å². The summed E-state index contributed by atoms with van der Waals surface area (Å²) in [5.41, 5.74) is 6.16. The van der Waals surface area contributed by atoms with Gasteiger partial charge in [-0.1, -0.05) is 12.1 Å². The first kappa shape index (κ1) is 16.0. The number of nitrogens with zero attached hydrogens (tertiary/aromatic N) is 1. The molecule has 1 aliphatic carbocycles. The molecule has 1 saturated heterocycles. The van der Waals surface area contributed by atoms with Gasteiger partial charge in [-0.05, 0) is 37.3 Å². The predicted molar refractivity (Wildman–Crippen MR) is 87.1 cm³/mol. The van der Waals surface area contributed by atoms with E-state index >= 15 is 0 Å². The van der Waals surface area contributed by atoms with Gasteiger partial charge in [0.1, 0.15) is 0 Å². The largest absolute Gasteiger partial charge is 0.381 e. The fourth-order valence-corrected chi connectivity index (χ4v) is 3.02. The molecule has 3 N–H and O–H groups in total. The Hall–Kier alpha value is -1.92. The third-order valence-electron chi connectivity index (χ3n) is 4.39. The Morgan fingerprint density at radius 3 is 2.70 bits per heavy atom. The van der Waals surface area contributed by atoms with Gasteiger partial charge >= 0.3 is 0 Å². The number of para-hydroxylation sites is 1. The van der Waals surface area contributed by atoms with Crippen LogP contribution in [0, 0.1) is 5.92 Å². The zero-order chi connectivity index (χ0) is 16.2. The van der Waals surface area contributed by atoms with Crippen molar-refractivity contribution in [1.82, 2.24) is 4.90 Å². The van der Waals surface area contributed by atoms with Crippen molar-refractivity contribution in [3.8, 4) is 0 Å². The van der Waals surface area contributed by atoms with Crippen molar-refractivity contribution in [2.24, 2.45) is 11.7 Å². The Balaban J connectivity index is 1.60. The fraction of sp³-hybridized carbons (Fsp3) is 0.529. The molecule has 2 amide bonds. The normalized spacial score (nSPS) is 20.7. The summed E-state index contributed by atoms with van der Waals surface area (Å²) in [6.07, 6.45) is 3.37. The third kappa shape index (κ3) is 4.30. The molecule has 0 bridgehead atoms. The second kappa shape index (κ2) is 7.10. The van der Waals surface area contributed by atoms with Crippen molar-refractivity contribution in [1.29, 1.82) is 0 Å². The van der Waals surface area contributed by atoms with E-state index < -0.39 is 5.91 Å². The van der Waals surface area contributed by atoms with Crippen molar-refractivity contribution in [2.45, 2.75) is 25.3 Å². The molecule has 2 aliphatic rings. The molecule has 1 heterocycles. The number of anilines is 1. The maximum absolute atomic E-state index is 12.4. The Bertz CT molecular complexity index is 580. The van der Waals surface area contributed by atoms with Gasteiger partial charge in [-0.15, -0.1) is 0 Å². The molecule has 0 radical (unpaired) electrons. The SMILES string of the molecule is NC(=O)c1ccccc1NC(=O)CN(C[C@H]1CCOC1)C1CC1. The Kier molecular flexibility index (Phi) is 4.93. The molecule has 6 nitrogen and oxygen atoms in total. The average Bonchev–Trinajstić information content (AvgIpc) is 3.25. The molecule has 23 heavy (non-hydrogen) atoms. The van der Waals surface area contributed by atoms with Crippen LogP contribution in [0.2, 0.25) is 0 Å². The summed E-state index contributed by atoms with van der Waals surface area (Å²) in [5.74, 6) is -0.131. The predicted octanol–water partition coefficient (Wildman–Crippen LogP) is 1.22. The van der Waals surface area contributed by atoms with Gasteiger partial charge in [0, 0.05) is 19.2 Å². The van der Waals surface area contributed by atoms with Crippen LogP contribution in [-0.2, 0) is 9.53 Å². The minimum atomic E-state index is -0.539. The van der Waals surface area contributed by atoms with E-state index in [9.17, 15) is 9.59 Å². The molecule has 1 atom stereocenters. The van der Waals surface area contributed by atoms with Crippen molar-refractivity contribution in [3.63, 3.8) is 0 Å². The molecule has 6 heteroatoms. The highest BCUT2D eigenvalue weighted by atomic mass is 16.5. The molecule has 1 aromatic rings. The average molecular weight is 317 g/mol. The first-order valence-corrected chi connectivity index (χ1v) is 8.14. The molecule has 1 aromatic carbocycles. The number of rotatable bonds is 7. The highest BCUT2D eigenvalue weighted by Gasteiger charge is 2.32. The number of nitrogens with one attached hydrogen (secondary N) is 1. The molecule has 1 aliphatic heterocycles. The lowest BCUT2D eigenvalue weighted by Gasteiger charge is -2.24. The molecular formula is C17H23N3O3. The lowest BCUT2D eigenvalue weighted by atomic mass is 10.1. The molecule has 124 valence electrons. The number of primary amides is 1. The van der Waals surface area contributed by atoms with Crippen LogP contribution < -0.4 is 11.1 Å². The van der Waals surface area contributed by atoms with Crippen molar-refractivity contribution in [3.05, 3.63) is 29.8 Å². The topological polar surface area (TPSA) is 84.7 Å². The number of hydrogen-bond donors (Lipinski definition) is 2. The van der Waals surface area contributed by atoms with Crippen LogP contribution in [0.5, 0.6) is 0 Å². The van der Waals surface area contributed by atoms with E-state index in [4.69, 9.17) is 10.5 Å². The number of amides is 2. The standard InChI is InChI=1S/C17H23N3O3/c18-17(22)14-3-1-2-4-15(14)19-16(21)10-20(13-5-6-13)9-12-7-8-23-11-12/h1-4,12-13H,5-11H2,(H2,18,22)(H,19,21)/t12-/m1/s1. The van der Waals surface area contributed by atoms with Crippen LogP contribution in [-0.4, -0.2) is 49.1 Å². The van der Waals surface area contributed by atoms with Gasteiger partial charge in [-0.25, -0.2) is 0 Å². The minimum absolute atomic E-state index is 0.107. The number of carbonyl (C=O) groups excluding carboxylic acids is 2. The summed E-state index contributed by atoms with van der Waals surface area (Å²) in [5, 5.41) is 2.82. The van der Waals surface area contributed by atoms with Crippen LogP contribution in [0.25, 0.3) is 0 Å². The molecule has 1 saturated carbocycles. The maximum Gasteiger partial charge on any atom is 0.250 e. The lowest BCUT2D eigenvalue weighted by Crippen LogP contribution is -2.38. The van der Waals surface area contributed by atoms with Gasteiger partial charge < -0.3 is 15.8 Å². The van der Waals surface area contributed by atoms with E-state index in [0.717, 1.165) is 39.0 Å². The summed E-state index contributed by atoms with van der Waals surface area (Å²) >= 11 is 0. The van der Waals surface area contributed by atoms with Crippen LogP contribution in [0.15, 0.2) is 24.3 Å². The van der Waals surface area contributed by atoms with E-state index in [1.807, 2.05) is 0 Å². The molecule has 0 aromatic heterocycles. The van der Waals surface area contributed by atoms with Gasteiger partial charge in [0.05, 0.1) is 24.4 Å². The number of carbonyl (C=O) groups is 2. The molecule has 3 rings (SSSR count). The van der Waals surface area contributed by atoms with Crippen LogP contribution >= 0.6 is 0 Å². The fourth-order valence-electron chi connectivity index (χ4n) is 3.02. The van der Waals surface area contributed by atoms with E-state index in [0.29, 0.717) is 29.8 Å². The smallest absolute Gasteiger partial charge is 0.250 e. The third-order valence-corrected chi connectivity index (χ3v) is 4.39. The van der Waals surface area contributed by atoms with Crippen molar-refractivity contribution in [2.75, 3.05) is 31.6 Å². The second-order valence-electron chi connectivity index (χ2n) is 6.35. The van der Waals surface area contributed by atoms with Crippen molar-refractivity contribution >= 4 is 17.5 Å². The number of benzene rings is 1. The van der Waals surface area contributed by atoms with Gasteiger partial charge in [-0.3, -0.25) is 14.5 Å². The van der Waals surface area contributed by atoms with E-state index in [-0.39, 0.29) is 5.91 Å². The van der Waals surface area contributed by atoms with Crippen molar-refractivity contribution < 1.29 is 14.3 Å². The Labute approximate surface area is 136 Å². The Morgan fingerprint density at radius 2 is 2.04 bits per heavy atom. The summed E-state index contributed by atoms with van der Waals surface area (Å²) < 4.78 is 5.42. The summed E-state index contributed by atoms with van der Waals surface area (Å²) in [4.78, 5) is 26.0. The van der Waals surface area contributed by atoms with Gasteiger partial charge in [0.15, 0.2) is 0 Å². The molecular weight excluding hydrogens is 294 g/mol. The number of nitrogens with two attached hydrogens (primary N) is 1. The van der Waals surface area contributed by atoms with E-state index in [2.05, 4.69) is 10.2 Å². The summed E-state index contributed by atoms with van der Waals surface area (Å²) in [6, 6.07) is 7.33. The van der Waals surface area contributed by atoms with Crippen LogP contribution in [0.1, 0.15) is 29.6 Å². The maximum atomic E-state index is 12.4. The second-order valence-corrected chi connectivity index (χ2v) is 6.35. The first-order valence-electron chi connectivity index (χ1n) is 8.14. The monoisotopic (exact) mass is 317 g/mol. The molecule has 0 spiro atoms. The summed E-state index contributed by atoms with van der Waals surface area (Å²) in [7, 11) is 0. The van der Waals surface area contributed by atoms with Gasteiger partial charge in [0.2, 0.25) is 5.91 Å². The van der Waals surface area contributed by atoms with Gasteiger partial charge in [0.25, 0.3) is 5.91 Å². The van der Waals surface area contributed by atoms with Crippen LogP contribution in [0.4, 0.5) is 5.69 Å². The zero-order valence-electron chi connectivity index (χ0n) is 13.2. The first-order chi connectivity index (χ1) is 11.1. The highest BCUT2D eigenvalue weighted by Crippen LogP contribution is 2.28. The van der Waals surface area contributed by atoms with E-state index in [1.54, 1.807) is 24.3 Å². The quantitative estimate of drug-likeness (QED) is 0.792. The molecule has 0 unspecified atom stereocenters. The lowest BCUT2D eigenvalue weighted by molar-refractivity contribution is -0.117. The number of ether oxygens (including phenoxy) is 1. The van der Waals surface area contributed by atoms with E-state index in [1.165, 1.54) is 0 Å². The Morgan fingerprint density at radius 1 is 1.26 bits per heavy atom. The summed E-state index contributed by atoms with van der Waals surface area (Å²) in [6.45, 7) is 2.85. The highest BCUT2D eigenvalue weighted by molar-refractivity contribution is 6.03. The van der Waals surface area contributed by atoms with Crippen LogP contribution in [0.3, 0.4) is 0 Å². The minimum Gasteiger partial charge on any atom is -0.381 e. The number of hydrogen-bond acceptors (Lipinski definition) is 4. The molecule has 2 fully saturated rings.